The Balaban J connectivity index is 2.66. The second-order valence-corrected chi connectivity index (χ2v) is 4.51. The van der Waals surface area contributed by atoms with Crippen LogP contribution in [0.3, 0.4) is 0 Å². The average Bonchev–Trinajstić information content (AvgIpc) is 1.94. The van der Waals surface area contributed by atoms with Crippen molar-refractivity contribution in [2.24, 2.45) is 11.3 Å². The maximum absolute atomic E-state index is 11.5. The Morgan fingerprint density at radius 2 is 2.09 bits per heavy atom. The minimum absolute atomic E-state index is 0.0369. The molecule has 0 spiro atoms. The van der Waals surface area contributed by atoms with Gasteiger partial charge in [-0.2, -0.15) is 0 Å². The Kier molecular flexibility index (Phi) is 2.36. The van der Waals surface area contributed by atoms with E-state index in [0.29, 0.717) is 11.7 Å². The van der Waals surface area contributed by atoms with Gasteiger partial charge in [0.1, 0.15) is 5.78 Å². The third kappa shape index (κ3) is 2.05. The molecule has 0 aromatic carbocycles. The molecule has 0 aromatic rings. The van der Waals surface area contributed by atoms with E-state index in [-0.39, 0.29) is 5.41 Å². The van der Waals surface area contributed by atoms with Crippen LogP contribution in [-0.2, 0) is 4.79 Å². The molecule has 1 fully saturated rings. The molecule has 1 saturated carbocycles. The zero-order valence-corrected chi connectivity index (χ0v) is 7.81. The number of hydrogen-bond donors (Lipinski definition) is 0. The molecule has 0 amide bonds. The van der Waals surface area contributed by atoms with Crippen LogP contribution in [-0.4, -0.2) is 5.78 Å². The van der Waals surface area contributed by atoms with Crippen molar-refractivity contribution in [1.82, 2.24) is 0 Å². The Morgan fingerprint density at radius 1 is 1.45 bits per heavy atom. The van der Waals surface area contributed by atoms with E-state index >= 15 is 0 Å². The quantitative estimate of drug-likeness (QED) is 0.490. The van der Waals surface area contributed by atoms with Crippen molar-refractivity contribution in [3.8, 4) is 0 Å². The predicted molar refractivity (Wildman–Crippen MR) is 46.4 cm³/mol. The summed E-state index contributed by atoms with van der Waals surface area (Å²) in [7, 11) is 0. The van der Waals surface area contributed by atoms with Gasteiger partial charge in [-0.1, -0.05) is 33.6 Å². The molecule has 1 aliphatic rings. The summed E-state index contributed by atoms with van der Waals surface area (Å²) in [5.41, 5.74) is -0.0369. The molecule has 64 valence electrons. The first-order chi connectivity index (χ1) is 5.02. The Morgan fingerprint density at radius 3 is 2.73 bits per heavy atom. The highest BCUT2D eigenvalue weighted by Gasteiger charge is 2.30. The van der Waals surface area contributed by atoms with Crippen LogP contribution < -0.4 is 0 Å². The lowest BCUT2D eigenvalue weighted by Crippen LogP contribution is -2.22. The van der Waals surface area contributed by atoms with Crippen LogP contribution in [0.2, 0.25) is 0 Å². The molecule has 1 atom stereocenters. The van der Waals surface area contributed by atoms with E-state index < -0.39 is 0 Å². The summed E-state index contributed by atoms with van der Waals surface area (Å²) >= 11 is 0. The molecule has 1 heteroatoms. The zero-order chi connectivity index (χ0) is 8.48. The second kappa shape index (κ2) is 2.96. The lowest BCUT2D eigenvalue weighted by molar-refractivity contribution is -0.127. The number of Topliss-reactive ketones (excluding diaryl/α,β-unsaturated/α-hetero) is 1. The minimum atomic E-state index is -0.0369. The molecule has 0 N–H and O–H groups in total. The molecule has 0 aromatic heterocycles. The first-order valence-electron chi connectivity index (χ1n) is 4.56. The molecule has 0 bridgehead atoms. The largest absolute Gasteiger partial charge is 0.299 e. The molecule has 0 heterocycles. The smallest absolute Gasteiger partial charge is 0.138 e. The number of ketones is 1. The highest BCUT2D eigenvalue weighted by Crippen LogP contribution is 2.32. The van der Waals surface area contributed by atoms with Gasteiger partial charge in [-0.3, -0.25) is 4.79 Å². The molecule has 1 nitrogen and oxygen atoms in total. The van der Waals surface area contributed by atoms with Crippen LogP contribution in [0.25, 0.3) is 0 Å². The van der Waals surface area contributed by atoms with E-state index in [4.69, 9.17) is 0 Å². The summed E-state index contributed by atoms with van der Waals surface area (Å²) in [5.74, 6) is 1.08. The van der Waals surface area contributed by atoms with Gasteiger partial charge in [-0.25, -0.2) is 0 Å². The highest BCUT2D eigenvalue weighted by molar-refractivity contribution is 5.84. The van der Waals surface area contributed by atoms with E-state index in [0.717, 1.165) is 12.8 Å². The van der Waals surface area contributed by atoms with E-state index in [1.165, 1.54) is 12.8 Å². The Labute approximate surface area is 69.2 Å². The minimum Gasteiger partial charge on any atom is -0.299 e. The maximum atomic E-state index is 11.5. The molecular formula is C10H18O. The number of carbonyl (C=O) groups excluding carboxylic acids is 1. The third-order valence-corrected chi connectivity index (χ3v) is 2.79. The molecule has 0 aliphatic heterocycles. The van der Waals surface area contributed by atoms with Crippen molar-refractivity contribution in [3.63, 3.8) is 0 Å². The summed E-state index contributed by atoms with van der Waals surface area (Å²) in [6, 6.07) is 0. The molecule has 11 heavy (non-hydrogen) atoms. The van der Waals surface area contributed by atoms with Gasteiger partial charge in [0.05, 0.1) is 0 Å². The van der Waals surface area contributed by atoms with Gasteiger partial charge in [0.25, 0.3) is 0 Å². The van der Waals surface area contributed by atoms with E-state index in [2.05, 4.69) is 20.8 Å². The van der Waals surface area contributed by atoms with Gasteiger partial charge in [0.2, 0.25) is 0 Å². The monoisotopic (exact) mass is 154 g/mol. The van der Waals surface area contributed by atoms with Crippen LogP contribution in [0.5, 0.6) is 0 Å². The Bertz CT molecular complexity index is 158. The average molecular weight is 154 g/mol. The molecule has 0 radical (unpaired) electrons. The van der Waals surface area contributed by atoms with Crippen LogP contribution in [0.4, 0.5) is 0 Å². The first kappa shape index (κ1) is 8.76. The van der Waals surface area contributed by atoms with Crippen LogP contribution in [0.15, 0.2) is 0 Å². The summed E-state index contributed by atoms with van der Waals surface area (Å²) in [5, 5.41) is 0. The highest BCUT2D eigenvalue weighted by atomic mass is 16.1. The molecule has 0 saturated heterocycles. The fourth-order valence-electron chi connectivity index (χ4n) is 1.73. The third-order valence-electron chi connectivity index (χ3n) is 2.79. The van der Waals surface area contributed by atoms with Crippen molar-refractivity contribution < 1.29 is 4.79 Å². The number of hydrogen-bond acceptors (Lipinski definition) is 1. The summed E-state index contributed by atoms with van der Waals surface area (Å²) < 4.78 is 0. The van der Waals surface area contributed by atoms with E-state index in [1.807, 2.05) is 0 Å². The molecule has 0 unspecified atom stereocenters. The van der Waals surface area contributed by atoms with Gasteiger partial charge in [-0.15, -0.1) is 0 Å². The normalized spacial score (nSPS) is 31.5. The molecule has 1 rings (SSSR count). The predicted octanol–water partition coefficient (Wildman–Crippen LogP) is 2.79. The topological polar surface area (TPSA) is 17.1 Å². The second-order valence-electron chi connectivity index (χ2n) is 4.51. The zero-order valence-electron chi connectivity index (χ0n) is 7.81. The van der Waals surface area contributed by atoms with Crippen molar-refractivity contribution in [2.75, 3.05) is 0 Å². The maximum Gasteiger partial charge on any atom is 0.138 e. The number of rotatable bonds is 0. The molecule has 1 aliphatic carbocycles. The molecular weight excluding hydrogens is 136 g/mol. The van der Waals surface area contributed by atoms with Gasteiger partial charge in [0, 0.05) is 11.8 Å². The lowest BCUT2D eigenvalue weighted by atomic mass is 9.83. The SMILES string of the molecule is C[C@@H]1CCCC(C)(C)C(=O)C1. The van der Waals surface area contributed by atoms with Crippen molar-refractivity contribution in [2.45, 2.75) is 46.5 Å². The van der Waals surface area contributed by atoms with Gasteiger partial charge < -0.3 is 0 Å². The summed E-state index contributed by atoms with van der Waals surface area (Å²) in [6.45, 7) is 6.33. The van der Waals surface area contributed by atoms with Crippen molar-refractivity contribution in [3.05, 3.63) is 0 Å². The summed E-state index contributed by atoms with van der Waals surface area (Å²) in [4.78, 5) is 11.5. The number of carbonyl (C=O) groups is 1. The Hall–Kier alpha value is -0.330. The van der Waals surface area contributed by atoms with E-state index in [9.17, 15) is 4.79 Å². The summed E-state index contributed by atoms with van der Waals surface area (Å²) in [6.07, 6.45) is 4.33. The first-order valence-corrected chi connectivity index (χ1v) is 4.56. The van der Waals surface area contributed by atoms with Gasteiger partial charge in [-0.05, 0) is 12.3 Å². The van der Waals surface area contributed by atoms with Crippen LogP contribution in [0.1, 0.15) is 46.5 Å². The standard InChI is InChI=1S/C10H18O/c1-8-5-4-6-10(2,3)9(11)7-8/h8H,4-7H2,1-3H3/t8-/m1/s1. The van der Waals surface area contributed by atoms with Crippen LogP contribution >= 0.6 is 0 Å². The van der Waals surface area contributed by atoms with E-state index in [1.54, 1.807) is 0 Å². The fourth-order valence-corrected chi connectivity index (χ4v) is 1.73. The lowest BCUT2D eigenvalue weighted by Gasteiger charge is -2.19. The van der Waals surface area contributed by atoms with Gasteiger partial charge >= 0.3 is 0 Å². The van der Waals surface area contributed by atoms with Crippen molar-refractivity contribution in [1.29, 1.82) is 0 Å². The van der Waals surface area contributed by atoms with Gasteiger partial charge in [0.15, 0.2) is 0 Å². The van der Waals surface area contributed by atoms with Crippen molar-refractivity contribution >= 4 is 5.78 Å². The van der Waals surface area contributed by atoms with Crippen LogP contribution in [0, 0.1) is 11.3 Å². The fraction of sp³-hybridized carbons (Fsp3) is 0.900.